The summed E-state index contributed by atoms with van der Waals surface area (Å²) < 4.78 is 34.5. The van der Waals surface area contributed by atoms with Crippen molar-refractivity contribution in [3.63, 3.8) is 0 Å². The predicted octanol–water partition coefficient (Wildman–Crippen LogP) is 5.29. The fourth-order valence-corrected chi connectivity index (χ4v) is 6.76. The smallest absolute Gasteiger partial charge is 0.264 e. The van der Waals surface area contributed by atoms with E-state index >= 15 is 0 Å². The first-order valence-electron chi connectivity index (χ1n) is 14.4. The molecular formula is C33H41N3O5S. The van der Waals surface area contributed by atoms with Crippen molar-refractivity contribution in [2.24, 2.45) is 0 Å². The topological polar surface area (TPSA) is 96.0 Å². The van der Waals surface area contributed by atoms with Crippen molar-refractivity contribution in [1.29, 1.82) is 0 Å². The van der Waals surface area contributed by atoms with Gasteiger partial charge < -0.3 is 15.0 Å². The van der Waals surface area contributed by atoms with Crippen LogP contribution in [-0.2, 0) is 26.2 Å². The molecule has 0 saturated heterocycles. The molecule has 1 N–H and O–H groups in total. The molecular weight excluding hydrogens is 550 g/mol. The second kappa shape index (κ2) is 13.4. The van der Waals surface area contributed by atoms with Gasteiger partial charge in [0, 0.05) is 12.6 Å². The summed E-state index contributed by atoms with van der Waals surface area (Å²) in [7, 11) is -2.53. The van der Waals surface area contributed by atoms with Crippen LogP contribution in [0.2, 0.25) is 0 Å². The minimum atomic E-state index is -4.11. The average Bonchev–Trinajstić information content (AvgIpc) is 3.47. The number of nitrogens with one attached hydrogen (secondary N) is 1. The fraction of sp³-hybridized carbons (Fsp3) is 0.394. The van der Waals surface area contributed by atoms with E-state index in [1.807, 2.05) is 39.0 Å². The number of rotatable bonds is 11. The highest BCUT2D eigenvalue weighted by Crippen LogP contribution is 2.27. The summed E-state index contributed by atoms with van der Waals surface area (Å²) >= 11 is 0. The molecule has 4 rings (SSSR count). The minimum absolute atomic E-state index is 0.0894. The zero-order valence-electron chi connectivity index (χ0n) is 25.1. The van der Waals surface area contributed by atoms with Crippen LogP contribution in [-0.4, -0.2) is 50.9 Å². The van der Waals surface area contributed by atoms with Gasteiger partial charge in [-0.15, -0.1) is 0 Å². The lowest BCUT2D eigenvalue weighted by Gasteiger charge is -2.32. The maximum Gasteiger partial charge on any atom is 0.264 e. The van der Waals surface area contributed by atoms with E-state index in [0.29, 0.717) is 11.4 Å². The zero-order valence-corrected chi connectivity index (χ0v) is 25.9. The van der Waals surface area contributed by atoms with Crippen molar-refractivity contribution in [1.82, 2.24) is 10.2 Å². The summed E-state index contributed by atoms with van der Waals surface area (Å²) in [5, 5.41) is 3.09. The lowest BCUT2D eigenvalue weighted by Crippen LogP contribution is -2.52. The van der Waals surface area contributed by atoms with Gasteiger partial charge in [-0.3, -0.25) is 13.9 Å². The summed E-state index contributed by atoms with van der Waals surface area (Å²) in [5.41, 5.74) is 3.87. The van der Waals surface area contributed by atoms with Crippen LogP contribution in [0.4, 0.5) is 5.69 Å². The number of nitrogens with zero attached hydrogens (tertiary/aromatic N) is 2. The lowest BCUT2D eigenvalue weighted by atomic mass is 10.1. The maximum atomic E-state index is 14.2. The van der Waals surface area contributed by atoms with Crippen LogP contribution < -0.4 is 14.4 Å². The van der Waals surface area contributed by atoms with E-state index < -0.39 is 28.5 Å². The summed E-state index contributed by atoms with van der Waals surface area (Å²) in [6.45, 7) is 7.03. The Balaban J connectivity index is 1.70. The van der Waals surface area contributed by atoms with E-state index in [1.165, 1.54) is 4.90 Å². The molecule has 0 spiro atoms. The normalized spacial score (nSPS) is 14.3. The van der Waals surface area contributed by atoms with Gasteiger partial charge in [0.1, 0.15) is 18.3 Å². The molecule has 0 unspecified atom stereocenters. The fourth-order valence-electron chi connectivity index (χ4n) is 5.36. The molecule has 1 saturated carbocycles. The molecule has 0 aliphatic heterocycles. The first-order valence-corrected chi connectivity index (χ1v) is 15.8. The molecule has 224 valence electrons. The van der Waals surface area contributed by atoms with Crippen LogP contribution in [0.15, 0.2) is 71.6 Å². The van der Waals surface area contributed by atoms with Gasteiger partial charge in [-0.1, -0.05) is 48.7 Å². The van der Waals surface area contributed by atoms with E-state index in [4.69, 9.17) is 4.74 Å². The predicted molar refractivity (Wildman–Crippen MR) is 165 cm³/mol. The molecule has 42 heavy (non-hydrogen) atoms. The van der Waals surface area contributed by atoms with Crippen molar-refractivity contribution < 1.29 is 22.7 Å². The number of carbonyl (C=O) groups is 2. The third-order valence-electron chi connectivity index (χ3n) is 7.76. The Morgan fingerprint density at radius 2 is 1.50 bits per heavy atom. The first kappa shape index (κ1) is 31.1. The highest BCUT2D eigenvalue weighted by molar-refractivity contribution is 7.92. The highest BCUT2D eigenvalue weighted by Gasteiger charge is 2.33. The van der Waals surface area contributed by atoms with Gasteiger partial charge in [-0.2, -0.15) is 0 Å². The molecule has 2 amide bonds. The molecule has 3 aromatic rings. The third-order valence-corrected chi connectivity index (χ3v) is 9.55. The van der Waals surface area contributed by atoms with Gasteiger partial charge in [0.15, 0.2) is 0 Å². The number of carbonyl (C=O) groups excluding carboxylic acids is 2. The zero-order chi connectivity index (χ0) is 30.4. The number of methoxy groups -OCH3 is 1. The number of hydrogen-bond acceptors (Lipinski definition) is 5. The summed E-state index contributed by atoms with van der Waals surface area (Å²) in [4.78, 5) is 29.1. The molecule has 0 radical (unpaired) electrons. The summed E-state index contributed by atoms with van der Waals surface area (Å²) in [6, 6.07) is 18.6. The molecule has 1 atom stereocenters. The lowest BCUT2D eigenvalue weighted by molar-refractivity contribution is -0.139. The van der Waals surface area contributed by atoms with Gasteiger partial charge in [0.05, 0.1) is 17.7 Å². The number of sulfonamides is 1. The minimum Gasteiger partial charge on any atom is -0.497 e. The van der Waals surface area contributed by atoms with Crippen LogP contribution in [0, 0.1) is 20.8 Å². The summed E-state index contributed by atoms with van der Waals surface area (Å²) in [6.07, 6.45) is 3.96. The first-order chi connectivity index (χ1) is 20.0. The van der Waals surface area contributed by atoms with Gasteiger partial charge in [0.25, 0.3) is 10.0 Å². The number of ether oxygens (including phenoxy) is 1. The van der Waals surface area contributed by atoms with E-state index in [1.54, 1.807) is 62.6 Å². The Kier molecular flexibility index (Phi) is 9.93. The van der Waals surface area contributed by atoms with E-state index in [0.717, 1.165) is 52.2 Å². The second-order valence-electron chi connectivity index (χ2n) is 11.2. The molecule has 0 bridgehead atoms. The van der Waals surface area contributed by atoms with Crippen molar-refractivity contribution in [2.45, 2.75) is 76.9 Å². The van der Waals surface area contributed by atoms with Gasteiger partial charge in [0.2, 0.25) is 11.8 Å². The Morgan fingerprint density at radius 1 is 0.905 bits per heavy atom. The number of aryl methyl sites for hydroxylation is 3. The Hall–Kier alpha value is -3.85. The van der Waals surface area contributed by atoms with Gasteiger partial charge in [-0.05, 0) is 93.6 Å². The second-order valence-corrected chi connectivity index (χ2v) is 13.1. The van der Waals surface area contributed by atoms with Crippen LogP contribution in [0.5, 0.6) is 5.75 Å². The van der Waals surface area contributed by atoms with Crippen molar-refractivity contribution in [2.75, 3.05) is 18.0 Å². The average molecular weight is 592 g/mol. The number of hydrogen-bond donors (Lipinski definition) is 1. The number of anilines is 1. The number of benzene rings is 3. The Bertz CT molecular complexity index is 1480. The maximum absolute atomic E-state index is 14.2. The van der Waals surface area contributed by atoms with Crippen LogP contribution >= 0.6 is 0 Å². The molecule has 0 aromatic heterocycles. The molecule has 8 nitrogen and oxygen atoms in total. The molecule has 0 heterocycles. The Morgan fingerprint density at radius 3 is 2.07 bits per heavy atom. The van der Waals surface area contributed by atoms with Crippen molar-refractivity contribution in [3.05, 3.63) is 89.0 Å². The van der Waals surface area contributed by atoms with Crippen LogP contribution in [0.25, 0.3) is 0 Å². The molecule has 1 aliphatic carbocycles. The largest absolute Gasteiger partial charge is 0.497 e. The van der Waals surface area contributed by atoms with Gasteiger partial charge in [-0.25, -0.2) is 8.42 Å². The molecule has 1 fully saturated rings. The van der Waals surface area contributed by atoms with Crippen LogP contribution in [0.1, 0.15) is 54.9 Å². The van der Waals surface area contributed by atoms with Crippen molar-refractivity contribution in [3.8, 4) is 5.75 Å². The van der Waals surface area contributed by atoms with Crippen molar-refractivity contribution >= 4 is 27.5 Å². The summed E-state index contributed by atoms with van der Waals surface area (Å²) in [5.74, 6) is -0.0494. The van der Waals surface area contributed by atoms with E-state index in [9.17, 15) is 18.0 Å². The molecule has 9 heteroatoms. The van der Waals surface area contributed by atoms with E-state index in [-0.39, 0.29) is 23.4 Å². The SMILES string of the molecule is COc1ccc(CN(C(=O)CN(c2cc(C)cc(C)c2)S(=O)(=O)c2ccc(C)cc2)[C@@H](C)C(=O)NC2CCCC2)cc1. The Labute approximate surface area is 249 Å². The van der Waals surface area contributed by atoms with E-state index in [2.05, 4.69) is 5.32 Å². The molecule has 3 aromatic carbocycles. The van der Waals surface area contributed by atoms with Gasteiger partial charge >= 0.3 is 0 Å². The number of amides is 2. The highest BCUT2D eigenvalue weighted by atomic mass is 32.2. The third kappa shape index (κ3) is 7.50. The molecule has 1 aliphatic rings. The standard InChI is InChI=1S/C33H41N3O5S/c1-23-10-16-31(17-11-23)42(39,40)36(29-19-24(2)18-25(3)20-29)22-32(37)35(21-27-12-14-30(41-5)15-13-27)26(4)33(38)34-28-8-6-7-9-28/h10-20,26,28H,6-9,21-22H2,1-5H3,(H,34,38)/t26-/m0/s1. The van der Waals surface area contributed by atoms with Crippen LogP contribution in [0.3, 0.4) is 0 Å². The monoisotopic (exact) mass is 591 g/mol. The quantitative estimate of drug-likeness (QED) is 0.327.